The Hall–Kier alpha value is -4.85. The zero-order valence-corrected chi connectivity index (χ0v) is 23.4. The first-order valence-corrected chi connectivity index (χ1v) is 13.4. The molecule has 42 heavy (non-hydrogen) atoms. The Morgan fingerprint density at radius 1 is 1.14 bits per heavy atom. The number of ether oxygens (including phenoxy) is 1. The van der Waals surface area contributed by atoms with Gasteiger partial charge >= 0.3 is 18.1 Å². The van der Waals surface area contributed by atoms with Crippen molar-refractivity contribution in [3.63, 3.8) is 0 Å². The predicted octanol–water partition coefficient (Wildman–Crippen LogP) is 1.84. The van der Waals surface area contributed by atoms with E-state index >= 15 is 0 Å². The summed E-state index contributed by atoms with van der Waals surface area (Å²) in [6.45, 7) is -0.797. The molecule has 0 unspecified atom stereocenters. The highest BCUT2D eigenvalue weighted by Gasteiger charge is 2.38. The number of carbonyl (C=O) groups is 5. The summed E-state index contributed by atoms with van der Waals surface area (Å²) >= 11 is 6.00. The molecular weight excluding hydrogens is 570 g/mol. The number of imide groups is 1. The van der Waals surface area contributed by atoms with Gasteiger partial charge in [-0.3, -0.25) is 14.5 Å². The molecule has 1 aliphatic heterocycles. The maximum atomic E-state index is 12.7. The number of para-hydroxylation sites is 2. The van der Waals surface area contributed by atoms with Crippen LogP contribution in [-0.2, 0) is 32.8 Å². The molecule has 2 heterocycles. The fourth-order valence-electron chi connectivity index (χ4n) is 4.29. The van der Waals surface area contributed by atoms with E-state index in [-0.39, 0.29) is 6.61 Å². The molecule has 0 aliphatic carbocycles. The molecule has 5 amide bonds. The second kappa shape index (κ2) is 13.7. The smallest absolute Gasteiger partial charge is 0.408 e. The Morgan fingerprint density at radius 2 is 1.88 bits per heavy atom. The third-order valence-corrected chi connectivity index (χ3v) is 6.93. The van der Waals surface area contributed by atoms with E-state index in [0.29, 0.717) is 35.9 Å². The number of aliphatic carboxylic acids is 1. The molecule has 3 aromatic rings. The fourth-order valence-corrected chi connectivity index (χ4v) is 4.48. The van der Waals surface area contributed by atoms with Gasteiger partial charge in [0.05, 0.1) is 11.0 Å². The van der Waals surface area contributed by atoms with Gasteiger partial charge < -0.3 is 35.7 Å². The second-order valence-corrected chi connectivity index (χ2v) is 9.89. The molecule has 0 bridgehead atoms. The first kappa shape index (κ1) is 30.1. The number of halogens is 1. The Kier molecular flexibility index (Phi) is 9.81. The van der Waals surface area contributed by atoms with Crippen molar-refractivity contribution >= 4 is 58.5 Å². The Labute approximate surface area is 245 Å². The summed E-state index contributed by atoms with van der Waals surface area (Å²) in [4.78, 5) is 66.4. The number of nitrogens with one attached hydrogen (secondary N) is 4. The summed E-state index contributed by atoms with van der Waals surface area (Å²) in [5.41, 5.74) is 2.36. The van der Waals surface area contributed by atoms with E-state index < -0.39 is 55.1 Å². The van der Waals surface area contributed by atoms with Crippen molar-refractivity contribution in [3.8, 4) is 0 Å². The van der Waals surface area contributed by atoms with Crippen LogP contribution >= 0.6 is 11.6 Å². The summed E-state index contributed by atoms with van der Waals surface area (Å²) in [7, 11) is 1.89. The minimum atomic E-state index is -1.52. The summed E-state index contributed by atoms with van der Waals surface area (Å²) in [5, 5.41) is 20.0. The zero-order valence-electron chi connectivity index (χ0n) is 22.6. The molecule has 222 valence electrons. The van der Waals surface area contributed by atoms with Crippen LogP contribution in [0.25, 0.3) is 11.0 Å². The number of hydrogen-bond acceptors (Lipinski definition) is 8. The highest BCUT2D eigenvalue weighted by molar-refractivity contribution is 6.31. The van der Waals surface area contributed by atoms with Crippen molar-refractivity contribution < 1.29 is 33.8 Å². The highest BCUT2D eigenvalue weighted by Crippen LogP contribution is 2.18. The van der Waals surface area contributed by atoms with E-state index in [0.717, 1.165) is 15.9 Å². The molecule has 1 aliphatic rings. The molecule has 1 fully saturated rings. The maximum absolute atomic E-state index is 12.7. The van der Waals surface area contributed by atoms with Crippen LogP contribution < -0.4 is 21.3 Å². The van der Waals surface area contributed by atoms with Crippen LogP contribution in [0.3, 0.4) is 0 Å². The highest BCUT2D eigenvalue weighted by atomic mass is 35.5. The van der Waals surface area contributed by atoms with Crippen molar-refractivity contribution in [2.45, 2.75) is 31.5 Å². The number of imidazole rings is 1. The van der Waals surface area contributed by atoms with Gasteiger partial charge in [0, 0.05) is 30.7 Å². The van der Waals surface area contributed by atoms with E-state index in [4.69, 9.17) is 16.3 Å². The average Bonchev–Trinajstić information content (AvgIpc) is 3.42. The third kappa shape index (κ3) is 7.46. The molecular formula is C27H30ClN7O7. The monoisotopic (exact) mass is 599 g/mol. The van der Waals surface area contributed by atoms with Crippen LogP contribution in [-0.4, -0.2) is 81.2 Å². The van der Waals surface area contributed by atoms with E-state index in [9.17, 15) is 29.1 Å². The normalized spacial score (nSPS) is 15.3. The van der Waals surface area contributed by atoms with Gasteiger partial charge in [0.2, 0.25) is 11.9 Å². The number of hydrogen-bond donors (Lipinski definition) is 5. The van der Waals surface area contributed by atoms with E-state index in [1.807, 2.05) is 35.9 Å². The lowest BCUT2D eigenvalue weighted by atomic mass is 10.1. The van der Waals surface area contributed by atoms with Gasteiger partial charge in [0.15, 0.2) is 0 Å². The van der Waals surface area contributed by atoms with Crippen LogP contribution in [0.1, 0.15) is 18.4 Å². The molecule has 2 atom stereocenters. The summed E-state index contributed by atoms with van der Waals surface area (Å²) in [6, 6.07) is 11.3. The van der Waals surface area contributed by atoms with Crippen LogP contribution in [0.5, 0.6) is 0 Å². The Morgan fingerprint density at radius 3 is 2.62 bits per heavy atom. The van der Waals surface area contributed by atoms with E-state index in [2.05, 4.69) is 26.3 Å². The number of carbonyl (C=O) groups excluding carboxylic acids is 4. The van der Waals surface area contributed by atoms with E-state index in [1.54, 1.807) is 24.3 Å². The number of benzene rings is 2. The lowest BCUT2D eigenvalue weighted by Crippen LogP contribution is -2.50. The number of aromatic nitrogens is 2. The van der Waals surface area contributed by atoms with Gasteiger partial charge in [0.1, 0.15) is 25.2 Å². The molecule has 0 radical (unpaired) electrons. The van der Waals surface area contributed by atoms with Gasteiger partial charge in [-0.15, -0.1) is 0 Å². The van der Waals surface area contributed by atoms with Crippen LogP contribution in [0.15, 0.2) is 48.5 Å². The number of carboxylic acids is 1. The number of fused-ring (bicyclic) bond motifs is 1. The maximum Gasteiger partial charge on any atom is 0.408 e. The van der Waals surface area contributed by atoms with Gasteiger partial charge in [-0.25, -0.2) is 19.4 Å². The van der Waals surface area contributed by atoms with Crippen molar-refractivity contribution in [2.24, 2.45) is 7.05 Å². The molecule has 2 aromatic carbocycles. The molecule has 0 saturated carbocycles. The predicted molar refractivity (Wildman–Crippen MR) is 152 cm³/mol. The third-order valence-electron chi connectivity index (χ3n) is 6.56. The number of amides is 5. The summed E-state index contributed by atoms with van der Waals surface area (Å²) < 4.78 is 6.93. The lowest BCUT2D eigenvalue weighted by molar-refractivity contribution is -0.139. The van der Waals surface area contributed by atoms with Gasteiger partial charge in [-0.05, 0) is 31.0 Å². The Balaban J connectivity index is 1.19. The molecule has 4 rings (SSSR count). The largest absolute Gasteiger partial charge is 0.480 e. The fraction of sp³-hybridized carbons (Fsp3) is 0.333. The molecule has 14 nitrogen and oxygen atoms in total. The number of urea groups is 1. The summed E-state index contributed by atoms with van der Waals surface area (Å²) in [5.74, 6) is -2.08. The van der Waals surface area contributed by atoms with Crippen molar-refractivity contribution in [1.82, 2.24) is 30.4 Å². The minimum Gasteiger partial charge on any atom is -0.480 e. The number of alkyl carbamates (subject to hydrolysis) is 1. The van der Waals surface area contributed by atoms with E-state index in [1.165, 1.54) is 0 Å². The van der Waals surface area contributed by atoms with Crippen LogP contribution in [0.2, 0.25) is 5.02 Å². The van der Waals surface area contributed by atoms with Crippen molar-refractivity contribution in [1.29, 1.82) is 0 Å². The number of rotatable bonds is 13. The molecule has 5 N–H and O–H groups in total. The first-order chi connectivity index (χ1) is 20.1. The molecule has 0 spiro atoms. The number of nitrogens with zero attached hydrogens (tertiary/aromatic N) is 3. The zero-order chi connectivity index (χ0) is 30.2. The average molecular weight is 600 g/mol. The number of anilines is 1. The second-order valence-electron chi connectivity index (χ2n) is 9.49. The molecule has 15 heteroatoms. The van der Waals surface area contributed by atoms with Gasteiger partial charge in [-0.2, -0.15) is 0 Å². The molecule has 1 aromatic heterocycles. The van der Waals surface area contributed by atoms with Crippen molar-refractivity contribution in [2.75, 3.05) is 25.0 Å². The quantitative estimate of drug-likeness (QED) is 0.144. The topological polar surface area (TPSA) is 184 Å². The Bertz CT molecular complexity index is 1490. The van der Waals surface area contributed by atoms with Crippen molar-refractivity contribution in [3.05, 3.63) is 59.1 Å². The first-order valence-electron chi connectivity index (χ1n) is 13.1. The van der Waals surface area contributed by atoms with Gasteiger partial charge in [-0.1, -0.05) is 41.9 Å². The number of aryl methyl sites for hydroxylation is 1. The number of carboxylic acid groups (broad SMARTS) is 1. The minimum absolute atomic E-state index is 0.187. The standard InChI is InChI=1S/C27H30ClN7O7/c1-34-21-11-5-4-9-18(21)31-25(34)29-12-6-10-19-23(37)35(26(40)32-19)14-22(36)30-13-20(24(38)39)33-27(41)42-15-16-7-2-3-8-17(16)28/h2-5,7-9,11,19-20H,6,10,12-15H2,1H3,(H,29,31)(H,30,36)(H,32,40)(H,33,41)(H,38,39)/t19-,20-/m0/s1. The van der Waals surface area contributed by atoms with Gasteiger partial charge in [0.25, 0.3) is 5.91 Å². The molecule has 1 saturated heterocycles. The van der Waals surface area contributed by atoms with Crippen LogP contribution in [0, 0.1) is 0 Å². The summed E-state index contributed by atoms with van der Waals surface area (Å²) in [6.07, 6.45) is -0.154. The lowest BCUT2D eigenvalue weighted by Gasteiger charge is -2.17. The SMILES string of the molecule is Cn1c(NCCC[C@@H]2NC(=O)N(CC(=O)NC[C@H](NC(=O)OCc3ccccc3Cl)C(=O)O)C2=O)nc2ccccc21. The van der Waals surface area contributed by atoms with Crippen LogP contribution in [0.4, 0.5) is 15.5 Å².